The van der Waals surface area contributed by atoms with E-state index in [1.807, 2.05) is 38.6 Å². The van der Waals surface area contributed by atoms with Crippen molar-refractivity contribution in [3.63, 3.8) is 0 Å². The van der Waals surface area contributed by atoms with Gasteiger partial charge in [-0.15, -0.1) is 0 Å². The fourth-order valence-electron chi connectivity index (χ4n) is 2.45. The maximum Gasteiger partial charge on any atom is 0.137 e. The molecule has 1 aromatic carbocycles. The van der Waals surface area contributed by atoms with E-state index in [0.717, 1.165) is 22.2 Å². The molecule has 0 bridgehead atoms. The lowest BCUT2D eigenvalue weighted by Gasteiger charge is -2.13. The molecular formula is C19H19N3. The Kier molecular flexibility index (Phi) is 3.79. The zero-order valence-corrected chi connectivity index (χ0v) is 12.9. The molecule has 0 spiro atoms. The van der Waals surface area contributed by atoms with Crippen LogP contribution in [0.1, 0.15) is 5.56 Å². The Morgan fingerprint density at radius 1 is 1.18 bits per heavy atom. The highest BCUT2D eigenvalue weighted by molar-refractivity contribution is 5.89. The molecule has 0 aliphatic rings. The van der Waals surface area contributed by atoms with Gasteiger partial charge < -0.3 is 9.88 Å². The summed E-state index contributed by atoms with van der Waals surface area (Å²) in [7, 11) is 4.09. The van der Waals surface area contributed by atoms with Crippen LogP contribution in [0.15, 0.2) is 61.5 Å². The third kappa shape index (κ3) is 2.66. The molecule has 0 aliphatic heterocycles. The monoisotopic (exact) mass is 289 g/mol. The summed E-state index contributed by atoms with van der Waals surface area (Å²) in [6.07, 6.45) is 9.62. The molecule has 110 valence electrons. The largest absolute Gasteiger partial charge is 0.378 e. The van der Waals surface area contributed by atoms with Crippen LogP contribution in [0.25, 0.3) is 28.2 Å². The highest BCUT2D eigenvalue weighted by Crippen LogP contribution is 2.27. The van der Waals surface area contributed by atoms with E-state index in [1.54, 1.807) is 6.08 Å². The van der Waals surface area contributed by atoms with Gasteiger partial charge in [-0.2, -0.15) is 0 Å². The summed E-state index contributed by atoms with van der Waals surface area (Å²) in [6, 6.07) is 10.6. The van der Waals surface area contributed by atoms with Crippen LogP contribution >= 0.6 is 0 Å². The Morgan fingerprint density at radius 2 is 2.05 bits per heavy atom. The number of anilines is 1. The summed E-state index contributed by atoms with van der Waals surface area (Å²) >= 11 is 0. The average Bonchev–Trinajstić information content (AvgIpc) is 2.95. The van der Waals surface area contributed by atoms with Crippen LogP contribution < -0.4 is 4.90 Å². The lowest BCUT2D eigenvalue weighted by molar-refractivity contribution is 1.13. The summed E-state index contributed by atoms with van der Waals surface area (Å²) in [5, 5.41) is 1.12. The minimum Gasteiger partial charge on any atom is -0.378 e. The fraction of sp³-hybridized carbons (Fsp3) is 0.105. The number of nitrogens with zero attached hydrogens (tertiary/aromatic N) is 2. The average molecular weight is 289 g/mol. The molecule has 0 amide bonds. The molecule has 0 atom stereocenters. The van der Waals surface area contributed by atoms with Crippen molar-refractivity contribution in [3.8, 4) is 11.1 Å². The van der Waals surface area contributed by atoms with Gasteiger partial charge in [0.1, 0.15) is 5.65 Å². The molecular weight excluding hydrogens is 270 g/mol. The lowest BCUT2D eigenvalue weighted by atomic mass is 10.0. The third-order valence-electron chi connectivity index (χ3n) is 3.67. The molecule has 2 heterocycles. The van der Waals surface area contributed by atoms with Gasteiger partial charge in [0.2, 0.25) is 0 Å². The number of hydrogen-bond acceptors (Lipinski definition) is 2. The van der Waals surface area contributed by atoms with E-state index in [2.05, 4.69) is 51.8 Å². The molecule has 3 heteroatoms. The van der Waals surface area contributed by atoms with E-state index in [-0.39, 0.29) is 0 Å². The topological polar surface area (TPSA) is 31.9 Å². The van der Waals surface area contributed by atoms with E-state index in [9.17, 15) is 0 Å². The Hall–Kier alpha value is -2.81. The fourth-order valence-corrected chi connectivity index (χ4v) is 2.45. The first-order valence-corrected chi connectivity index (χ1v) is 7.23. The SMILES string of the molecule is C=C/C=C/c1c[nH]c2ncc(-c3cccc(N(C)C)c3)cc12. The van der Waals surface area contributed by atoms with Crippen LogP contribution in [-0.2, 0) is 0 Å². The van der Waals surface area contributed by atoms with Crippen molar-refractivity contribution in [2.24, 2.45) is 0 Å². The Labute approximate surface area is 130 Å². The molecule has 0 saturated carbocycles. The van der Waals surface area contributed by atoms with E-state index in [1.165, 1.54) is 11.3 Å². The molecule has 3 aromatic rings. The van der Waals surface area contributed by atoms with Crippen LogP contribution in [0.3, 0.4) is 0 Å². The molecule has 0 aliphatic carbocycles. The lowest BCUT2D eigenvalue weighted by Crippen LogP contribution is -2.08. The number of aromatic amines is 1. The molecule has 3 rings (SSSR count). The molecule has 0 fully saturated rings. The maximum atomic E-state index is 4.53. The van der Waals surface area contributed by atoms with E-state index >= 15 is 0 Å². The highest BCUT2D eigenvalue weighted by atomic mass is 15.1. The number of benzene rings is 1. The van der Waals surface area contributed by atoms with Crippen LogP contribution in [0.5, 0.6) is 0 Å². The summed E-state index contributed by atoms with van der Waals surface area (Å²) in [5.74, 6) is 0. The first-order chi connectivity index (χ1) is 10.7. The second-order valence-corrected chi connectivity index (χ2v) is 5.40. The number of hydrogen-bond donors (Lipinski definition) is 1. The van der Waals surface area contributed by atoms with Gasteiger partial charge in [-0.3, -0.25) is 0 Å². The molecule has 0 unspecified atom stereocenters. The quantitative estimate of drug-likeness (QED) is 0.717. The van der Waals surface area contributed by atoms with Gasteiger partial charge in [-0.1, -0.05) is 36.9 Å². The van der Waals surface area contributed by atoms with E-state index in [4.69, 9.17) is 0 Å². The van der Waals surface area contributed by atoms with Crippen LogP contribution in [-0.4, -0.2) is 24.1 Å². The molecule has 0 radical (unpaired) electrons. The van der Waals surface area contributed by atoms with Crippen LogP contribution in [0, 0.1) is 0 Å². The Balaban J connectivity index is 2.09. The number of fused-ring (bicyclic) bond motifs is 1. The minimum absolute atomic E-state index is 0.899. The normalized spacial score (nSPS) is 11.2. The number of nitrogens with one attached hydrogen (secondary N) is 1. The smallest absolute Gasteiger partial charge is 0.137 e. The van der Waals surface area contributed by atoms with Crippen molar-refractivity contribution >= 4 is 22.8 Å². The van der Waals surface area contributed by atoms with Gasteiger partial charge in [-0.25, -0.2) is 4.98 Å². The number of H-pyrrole nitrogens is 1. The second kappa shape index (κ2) is 5.90. The Bertz CT molecular complexity index is 841. The Morgan fingerprint density at radius 3 is 2.82 bits per heavy atom. The first-order valence-electron chi connectivity index (χ1n) is 7.23. The zero-order chi connectivity index (χ0) is 15.5. The van der Waals surface area contributed by atoms with Crippen LogP contribution in [0.4, 0.5) is 5.69 Å². The van der Waals surface area contributed by atoms with Gasteiger partial charge in [0, 0.05) is 48.7 Å². The maximum absolute atomic E-state index is 4.53. The van der Waals surface area contributed by atoms with E-state index in [0.29, 0.717) is 0 Å². The standard InChI is InChI=1S/C19H19N3/c1-4-5-7-15-12-20-19-18(15)11-16(13-21-19)14-8-6-9-17(10-14)22(2)3/h4-13H,1H2,2-3H3,(H,20,21)/b7-5+. The van der Waals surface area contributed by atoms with Crippen molar-refractivity contribution in [3.05, 3.63) is 67.0 Å². The molecule has 1 N–H and O–H groups in total. The van der Waals surface area contributed by atoms with Gasteiger partial charge in [0.25, 0.3) is 0 Å². The predicted molar refractivity (Wildman–Crippen MR) is 95.1 cm³/mol. The third-order valence-corrected chi connectivity index (χ3v) is 3.67. The predicted octanol–water partition coefficient (Wildman–Crippen LogP) is 4.50. The van der Waals surface area contributed by atoms with Gasteiger partial charge in [0.15, 0.2) is 0 Å². The second-order valence-electron chi connectivity index (χ2n) is 5.40. The summed E-state index contributed by atoms with van der Waals surface area (Å²) in [6.45, 7) is 3.71. The summed E-state index contributed by atoms with van der Waals surface area (Å²) < 4.78 is 0. The van der Waals surface area contributed by atoms with Gasteiger partial charge >= 0.3 is 0 Å². The van der Waals surface area contributed by atoms with Crippen molar-refractivity contribution in [1.82, 2.24) is 9.97 Å². The van der Waals surface area contributed by atoms with Crippen molar-refractivity contribution < 1.29 is 0 Å². The number of allylic oxidation sites excluding steroid dienone is 2. The van der Waals surface area contributed by atoms with Gasteiger partial charge in [0.05, 0.1) is 0 Å². The first kappa shape index (κ1) is 14.1. The number of rotatable bonds is 4. The molecule has 0 saturated heterocycles. The van der Waals surface area contributed by atoms with Gasteiger partial charge in [-0.05, 0) is 23.8 Å². The van der Waals surface area contributed by atoms with Crippen molar-refractivity contribution in [2.45, 2.75) is 0 Å². The highest BCUT2D eigenvalue weighted by Gasteiger charge is 2.06. The van der Waals surface area contributed by atoms with E-state index < -0.39 is 0 Å². The van der Waals surface area contributed by atoms with Crippen molar-refractivity contribution in [2.75, 3.05) is 19.0 Å². The van der Waals surface area contributed by atoms with Crippen LogP contribution in [0.2, 0.25) is 0 Å². The zero-order valence-electron chi connectivity index (χ0n) is 12.9. The molecule has 2 aromatic heterocycles. The van der Waals surface area contributed by atoms with Crippen molar-refractivity contribution in [1.29, 1.82) is 0 Å². The number of aromatic nitrogens is 2. The number of pyridine rings is 1. The molecule has 3 nitrogen and oxygen atoms in total. The minimum atomic E-state index is 0.899. The summed E-state index contributed by atoms with van der Waals surface area (Å²) in [4.78, 5) is 9.83. The summed E-state index contributed by atoms with van der Waals surface area (Å²) in [5.41, 5.74) is 5.48. The molecule has 22 heavy (non-hydrogen) atoms.